The number of nitrogens with one attached hydrogen (secondary N) is 2. The highest BCUT2D eigenvalue weighted by atomic mass is 35.5. The Bertz CT molecular complexity index is 1560. The molecule has 0 spiro atoms. The molecule has 2 aliphatic carbocycles. The Balaban J connectivity index is 1.13. The Morgan fingerprint density at radius 2 is 1.71 bits per heavy atom. The molecular weight excluding hydrogens is 659 g/mol. The van der Waals surface area contributed by atoms with Crippen LogP contribution in [0.15, 0.2) is 54.9 Å². The highest BCUT2D eigenvalue weighted by Crippen LogP contribution is 2.50. The number of likely N-dealkylation sites (N-methyl/N-ethyl adjacent to an activating group) is 1. The van der Waals surface area contributed by atoms with E-state index in [2.05, 4.69) is 27.8 Å². The van der Waals surface area contributed by atoms with E-state index in [1.54, 1.807) is 0 Å². The number of ether oxygens (including phenoxy) is 1. The maximum atomic E-state index is 12.5. The summed E-state index contributed by atoms with van der Waals surface area (Å²) in [7, 11) is 1.42. The van der Waals surface area contributed by atoms with Crippen LogP contribution in [0.2, 0.25) is 10.0 Å². The summed E-state index contributed by atoms with van der Waals surface area (Å²) >= 11 is 13.4. The van der Waals surface area contributed by atoms with Crippen LogP contribution in [0, 0.1) is 0 Å². The molecule has 2 fully saturated rings. The number of pyridine rings is 1. The minimum absolute atomic E-state index is 0.231. The second-order valence-electron chi connectivity index (χ2n) is 12.7. The van der Waals surface area contributed by atoms with Crippen molar-refractivity contribution in [3.05, 3.63) is 81.6 Å². The van der Waals surface area contributed by atoms with Gasteiger partial charge in [0.2, 0.25) is 0 Å². The number of aryl methyl sites for hydroxylation is 1. The summed E-state index contributed by atoms with van der Waals surface area (Å²) in [5, 5.41) is 55.9. The van der Waals surface area contributed by atoms with Crippen LogP contribution in [0.4, 0.5) is 4.79 Å². The maximum Gasteiger partial charge on any atom is 0.317 e. The van der Waals surface area contributed by atoms with E-state index in [9.17, 15) is 25.2 Å². The molecule has 13 heteroatoms. The summed E-state index contributed by atoms with van der Waals surface area (Å²) in [5.74, 6) is 0.895. The summed E-state index contributed by atoms with van der Waals surface area (Å²) in [4.78, 5) is 18.1. The van der Waals surface area contributed by atoms with Crippen LogP contribution in [0.25, 0.3) is 11.1 Å². The summed E-state index contributed by atoms with van der Waals surface area (Å²) in [6.07, 6.45) is 2.65. The largest absolute Gasteiger partial charge is 0.490 e. The van der Waals surface area contributed by atoms with Crippen LogP contribution in [-0.4, -0.2) is 98.7 Å². The lowest BCUT2D eigenvalue weighted by Crippen LogP contribution is -2.51. The monoisotopic (exact) mass is 702 g/mol. The molecule has 4 atom stereocenters. The van der Waals surface area contributed by atoms with E-state index in [0.717, 1.165) is 64.1 Å². The predicted octanol–water partition coefficient (Wildman–Crippen LogP) is 3.39. The average Bonchev–Trinajstić information content (AvgIpc) is 4.04. The van der Waals surface area contributed by atoms with E-state index >= 15 is 0 Å². The Morgan fingerprint density at radius 3 is 2.42 bits per heavy atom. The molecular formula is C35H44Cl2N4O7. The molecule has 48 heavy (non-hydrogen) atoms. The van der Waals surface area contributed by atoms with Crippen LogP contribution in [-0.2, 0) is 18.5 Å². The van der Waals surface area contributed by atoms with Crippen LogP contribution in [0.5, 0.6) is 5.75 Å². The first-order valence-corrected chi connectivity index (χ1v) is 17.0. The van der Waals surface area contributed by atoms with Crippen LogP contribution < -0.4 is 15.4 Å². The number of hydrogen-bond donors (Lipinski definition) is 7. The highest BCUT2D eigenvalue weighted by molar-refractivity contribution is 6.34. The van der Waals surface area contributed by atoms with Gasteiger partial charge in [0.05, 0.1) is 19.3 Å². The molecule has 11 nitrogen and oxygen atoms in total. The lowest BCUT2D eigenvalue weighted by Gasteiger charge is -2.28. The van der Waals surface area contributed by atoms with Gasteiger partial charge in [0.1, 0.15) is 30.2 Å². The molecule has 0 bridgehead atoms. The zero-order chi connectivity index (χ0) is 34.4. The Morgan fingerprint density at radius 1 is 1.02 bits per heavy atom. The number of aromatic nitrogens is 1. The molecule has 1 aromatic heterocycles. The third kappa shape index (κ3) is 8.96. The lowest BCUT2D eigenvalue weighted by molar-refractivity contribution is -0.117. The molecule has 0 aliphatic heterocycles. The zero-order valence-corrected chi connectivity index (χ0v) is 28.4. The number of halogens is 2. The van der Waals surface area contributed by atoms with Gasteiger partial charge in [0.15, 0.2) is 0 Å². The number of benzene rings is 2. The Labute approximate surface area is 290 Å². The standard InChI is InChI=1S/C35H44Cl2N4O7/c1-41(19-29(43)32(45)33(46)30(44)20-42)34(47)39-13-4-5-21-15-28(37)22(16-27(21)36)17-40-35(11-12-35)26-18-38-14-10-24(26)25-6-2-3-7-31(25)48-23-8-9-23/h2-3,6-7,10,14-16,18,23,29-30,32-33,40,42-46H,4-5,8-9,11-13,17,19-20H2,1H3,(H,39,47)/t29-,30+,32+,33+/m1/s1. The number of carbonyl (C=O) groups excluding carboxylic acids is 1. The first-order valence-electron chi connectivity index (χ1n) is 16.3. The summed E-state index contributed by atoms with van der Waals surface area (Å²) < 4.78 is 6.23. The fourth-order valence-electron chi connectivity index (χ4n) is 5.70. The maximum absolute atomic E-state index is 12.5. The summed E-state index contributed by atoms with van der Waals surface area (Å²) in [6, 6.07) is 13.5. The Hall–Kier alpha value is -3.00. The van der Waals surface area contributed by atoms with Crippen molar-refractivity contribution >= 4 is 29.2 Å². The molecule has 0 radical (unpaired) electrons. The van der Waals surface area contributed by atoms with Crippen molar-refractivity contribution in [2.45, 2.75) is 81.1 Å². The highest BCUT2D eigenvalue weighted by Gasteiger charge is 2.46. The molecule has 260 valence electrons. The molecule has 0 unspecified atom stereocenters. The van der Waals surface area contributed by atoms with Crippen molar-refractivity contribution in [1.82, 2.24) is 20.5 Å². The van der Waals surface area contributed by atoms with Crippen molar-refractivity contribution in [3.63, 3.8) is 0 Å². The average molecular weight is 704 g/mol. The SMILES string of the molecule is CN(C[C@@H](O)[C@H](O)[C@@H](O)[C@@H](O)CO)C(=O)NCCCc1cc(Cl)c(CNC2(c3cnccc3-c3ccccc3OC3CC3)CC2)cc1Cl. The van der Waals surface area contributed by atoms with Gasteiger partial charge in [-0.15, -0.1) is 0 Å². The first kappa shape index (κ1) is 36.3. The lowest BCUT2D eigenvalue weighted by atomic mass is 9.94. The van der Waals surface area contributed by atoms with Gasteiger partial charge in [-0.25, -0.2) is 4.79 Å². The zero-order valence-electron chi connectivity index (χ0n) is 26.9. The van der Waals surface area contributed by atoms with E-state index in [4.69, 9.17) is 33.0 Å². The summed E-state index contributed by atoms with van der Waals surface area (Å²) in [5.41, 5.74) is 4.80. The normalized spacial score (nSPS) is 17.7. The second kappa shape index (κ2) is 16.1. The van der Waals surface area contributed by atoms with E-state index in [-0.39, 0.29) is 12.1 Å². The van der Waals surface area contributed by atoms with Crippen LogP contribution in [0.1, 0.15) is 48.8 Å². The van der Waals surface area contributed by atoms with Gasteiger partial charge < -0.3 is 45.8 Å². The number of para-hydroxylation sites is 1. The quantitative estimate of drug-likeness (QED) is 0.104. The van der Waals surface area contributed by atoms with E-state index in [1.807, 2.05) is 42.7 Å². The predicted molar refractivity (Wildman–Crippen MR) is 183 cm³/mol. The molecule has 0 saturated heterocycles. The molecule has 2 saturated carbocycles. The molecule has 5 rings (SSSR count). The fourth-order valence-corrected chi connectivity index (χ4v) is 6.23. The van der Waals surface area contributed by atoms with Crippen LogP contribution >= 0.6 is 23.2 Å². The number of urea groups is 1. The summed E-state index contributed by atoms with van der Waals surface area (Å²) in [6.45, 7) is -0.247. The van der Waals surface area contributed by atoms with E-state index in [1.165, 1.54) is 7.05 Å². The van der Waals surface area contributed by atoms with Gasteiger partial charge in [-0.05, 0) is 85.0 Å². The van der Waals surface area contributed by atoms with Crippen molar-refractivity contribution in [1.29, 1.82) is 0 Å². The number of carbonyl (C=O) groups is 1. The molecule has 3 aromatic rings. The third-order valence-corrected chi connectivity index (χ3v) is 9.65. The van der Waals surface area contributed by atoms with E-state index < -0.39 is 37.1 Å². The van der Waals surface area contributed by atoms with Gasteiger partial charge in [0, 0.05) is 53.7 Å². The molecule has 2 aromatic carbocycles. The number of nitrogens with zero attached hydrogens (tertiary/aromatic N) is 2. The minimum atomic E-state index is -1.76. The first-order chi connectivity index (χ1) is 23.0. The fraction of sp³-hybridized carbons (Fsp3) is 0.486. The number of aliphatic hydroxyl groups excluding tert-OH is 5. The number of amides is 2. The topological polar surface area (TPSA) is 168 Å². The van der Waals surface area contributed by atoms with Gasteiger partial charge in [-0.2, -0.15) is 0 Å². The molecule has 2 aliphatic rings. The van der Waals surface area contributed by atoms with Crippen LogP contribution in [0.3, 0.4) is 0 Å². The van der Waals surface area contributed by atoms with Gasteiger partial charge in [-0.1, -0.05) is 41.4 Å². The van der Waals surface area contributed by atoms with Crippen molar-refractivity contribution in [2.75, 3.05) is 26.7 Å². The number of hydrogen-bond acceptors (Lipinski definition) is 9. The third-order valence-electron chi connectivity index (χ3n) is 8.95. The minimum Gasteiger partial charge on any atom is -0.490 e. The van der Waals surface area contributed by atoms with Crippen molar-refractivity contribution in [2.24, 2.45) is 0 Å². The second-order valence-corrected chi connectivity index (χ2v) is 13.5. The van der Waals surface area contributed by atoms with Gasteiger partial charge >= 0.3 is 6.03 Å². The van der Waals surface area contributed by atoms with Gasteiger partial charge in [0.25, 0.3) is 0 Å². The number of aliphatic hydroxyl groups is 5. The molecule has 2 amide bonds. The van der Waals surface area contributed by atoms with Gasteiger partial charge in [-0.3, -0.25) is 4.98 Å². The smallest absolute Gasteiger partial charge is 0.317 e. The number of rotatable bonds is 17. The van der Waals surface area contributed by atoms with Crippen molar-refractivity contribution in [3.8, 4) is 16.9 Å². The molecule has 7 N–H and O–H groups in total. The van der Waals surface area contributed by atoms with Crippen molar-refractivity contribution < 1.29 is 35.1 Å². The van der Waals surface area contributed by atoms with E-state index in [0.29, 0.717) is 42.1 Å². The Kier molecular flexibility index (Phi) is 12.2. The molecule has 1 heterocycles.